The summed E-state index contributed by atoms with van der Waals surface area (Å²) >= 11 is 5.59. The number of aromatic amines is 1. The molecule has 55 valence electrons. The first-order valence-electron chi connectivity index (χ1n) is 3.31. The first-order valence-corrected chi connectivity index (χ1v) is 3.85. The van der Waals surface area contributed by atoms with E-state index in [9.17, 15) is 0 Å². The Balaban J connectivity index is 2.69. The van der Waals surface area contributed by atoms with Gasteiger partial charge in [-0.1, -0.05) is 12.1 Å². The van der Waals surface area contributed by atoms with Gasteiger partial charge in [0, 0.05) is 6.07 Å². The van der Waals surface area contributed by atoms with Gasteiger partial charge in [0.25, 0.3) is 0 Å². The molecule has 0 unspecified atom stereocenters. The zero-order valence-electron chi connectivity index (χ0n) is 5.76. The normalized spacial score (nSPS) is 10.6. The van der Waals surface area contributed by atoms with Gasteiger partial charge in [-0.05, 0) is 6.07 Å². The molecule has 3 heteroatoms. The van der Waals surface area contributed by atoms with Crippen LogP contribution in [0, 0.1) is 6.07 Å². The third-order valence-electron chi connectivity index (χ3n) is 1.49. The number of nitrogens with zero attached hydrogens (tertiary/aromatic N) is 1. The Labute approximate surface area is 69.2 Å². The van der Waals surface area contributed by atoms with Gasteiger partial charge in [0.2, 0.25) is 0 Å². The van der Waals surface area contributed by atoms with E-state index in [1.165, 1.54) is 0 Å². The lowest BCUT2D eigenvalue weighted by molar-refractivity contribution is 1.13. The molecule has 2 nitrogen and oxygen atoms in total. The Hall–Kier alpha value is -1.02. The second kappa shape index (κ2) is 2.55. The highest BCUT2D eigenvalue weighted by Gasteiger charge is 1.98. The molecular weight excluding hydrogens is 160 g/mol. The van der Waals surface area contributed by atoms with Crippen molar-refractivity contribution in [3.63, 3.8) is 0 Å². The van der Waals surface area contributed by atoms with E-state index in [2.05, 4.69) is 16.0 Å². The molecule has 2 rings (SSSR count). The van der Waals surface area contributed by atoms with Crippen LogP contribution in [0.1, 0.15) is 5.82 Å². The minimum Gasteiger partial charge on any atom is -0.340 e. The third kappa shape index (κ3) is 1.10. The van der Waals surface area contributed by atoms with Gasteiger partial charge in [0.05, 0.1) is 16.9 Å². The minimum absolute atomic E-state index is 0.419. The van der Waals surface area contributed by atoms with Gasteiger partial charge in [-0.25, -0.2) is 4.98 Å². The number of imidazole rings is 1. The molecule has 0 aliphatic rings. The van der Waals surface area contributed by atoms with E-state index in [0.29, 0.717) is 5.88 Å². The van der Waals surface area contributed by atoms with Crippen LogP contribution in [-0.2, 0) is 5.88 Å². The van der Waals surface area contributed by atoms with Crippen molar-refractivity contribution in [3.8, 4) is 0 Å². The summed E-state index contributed by atoms with van der Waals surface area (Å²) in [7, 11) is 0. The summed E-state index contributed by atoms with van der Waals surface area (Å²) in [6.45, 7) is 0. The van der Waals surface area contributed by atoms with Gasteiger partial charge >= 0.3 is 0 Å². The zero-order chi connectivity index (χ0) is 7.68. The summed E-state index contributed by atoms with van der Waals surface area (Å²) in [6.07, 6.45) is 0. The predicted molar refractivity (Wildman–Crippen MR) is 44.5 cm³/mol. The number of hydrogen-bond donors (Lipinski definition) is 1. The fraction of sp³-hybridized carbons (Fsp3) is 0.125. The highest BCUT2D eigenvalue weighted by Crippen LogP contribution is 2.10. The number of para-hydroxylation sites is 1. The van der Waals surface area contributed by atoms with Gasteiger partial charge < -0.3 is 4.98 Å². The first-order chi connectivity index (χ1) is 5.40. The van der Waals surface area contributed by atoms with Gasteiger partial charge in [0.1, 0.15) is 5.82 Å². The number of rotatable bonds is 1. The molecule has 1 N–H and O–H groups in total. The van der Waals surface area contributed by atoms with Crippen LogP contribution in [0.2, 0.25) is 0 Å². The standard InChI is InChI=1S/C8H6ClN2/c9-5-8-10-6-3-1-2-4-7(6)11-8/h1-3H,5H2,(H,10,11). The van der Waals surface area contributed by atoms with E-state index in [1.807, 2.05) is 18.2 Å². The van der Waals surface area contributed by atoms with Gasteiger partial charge in [-0.3, -0.25) is 0 Å². The quantitative estimate of drug-likeness (QED) is 0.645. The summed E-state index contributed by atoms with van der Waals surface area (Å²) in [5.74, 6) is 1.21. The van der Waals surface area contributed by atoms with Crippen molar-refractivity contribution < 1.29 is 0 Å². The molecule has 0 aliphatic heterocycles. The lowest BCUT2D eigenvalue weighted by Crippen LogP contribution is -1.77. The van der Waals surface area contributed by atoms with Crippen molar-refractivity contribution >= 4 is 22.6 Å². The van der Waals surface area contributed by atoms with E-state index in [-0.39, 0.29) is 0 Å². The monoisotopic (exact) mass is 165 g/mol. The molecule has 0 saturated heterocycles. The summed E-state index contributed by atoms with van der Waals surface area (Å²) in [5.41, 5.74) is 1.84. The Kier molecular flexibility index (Phi) is 1.55. The van der Waals surface area contributed by atoms with Crippen molar-refractivity contribution in [1.82, 2.24) is 9.97 Å². The molecule has 0 saturated carbocycles. The molecule has 0 fully saturated rings. The maximum Gasteiger partial charge on any atom is 0.122 e. The van der Waals surface area contributed by atoms with Crippen LogP contribution in [0.25, 0.3) is 11.0 Å². The number of nitrogens with one attached hydrogen (secondary N) is 1. The Morgan fingerprint density at radius 2 is 2.55 bits per heavy atom. The summed E-state index contributed by atoms with van der Waals surface area (Å²) in [6, 6.07) is 8.71. The number of alkyl halides is 1. The van der Waals surface area contributed by atoms with Crippen molar-refractivity contribution in [1.29, 1.82) is 0 Å². The number of benzene rings is 1. The third-order valence-corrected chi connectivity index (χ3v) is 1.74. The molecule has 1 radical (unpaired) electrons. The van der Waals surface area contributed by atoms with Crippen molar-refractivity contribution in [2.24, 2.45) is 0 Å². The van der Waals surface area contributed by atoms with Crippen LogP contribution >= 0.6 is 11.6 Å². The molecule has 0 spiro atoms. The van der Waals surface area contributed by atoms with E-state index in [4.69, 9.17) is 11.6 Å². The number of aromatic nitrogens is 2. The van der Waals surface area contributed by atoms with Crippen molar-refractivity contribution in [2.45, 2.75) is 5.88 Å². The second-order valence-electron chi connectivity index (χ2n) is 2.25. The lowest BCUT2D eigenvalue weighted by atomic mass is 10.3. The number of fused-ring (bicyclic) bond motifs is 1. The van der Waals surface area contributed by atoms with Crippen LogP contribution in [0.5, 0.6) is 0 Å². The highest BCUT2D eigenvalue weighted by molar-refractivity contribution is 6.16. The molecule has 2 aromatic rings. The second-order valence-corrected chi connectivity index (χ2v) is 2.51. The predicted octanol–water partition coefficient (Wildman–Crippen LogP) is 2.10. The molecule has 0 aliphatic carbocycles. The summed E-state index contributed by atoms with van der Waals surface area (Å²) < 4.78 is 0. The van der Waals surface area contributed by atoms with Crippen LogP contribution in [0.15, 0.2) is 18.2 Å². The van der Waals surface area contributed by atoms with Crippen LogP contribution in [0.4, 0.5) is 0 Å². The van der Waals surface area contributed by atoms with E-state index in [1.54, 1.807) is 0 Å². The van der Waals surface area contributed by atoms with Gasteiger partial charge in [0.15, 0.2) is 0 Å². The SMILES string of the molecule is ClCc1nc2ccc[c]c2[nH]1. The molecule has 1 heterocycles. The Bertz CT molecular complexity index is 334. The number of halogens is 1. The summed E-state index contributed by atoms with van der Waals surface area (Å²) in [4.78, 5) is 7.26. The molecular formula is C8H6ClN2. The fourth-order valence-electron chi connectivity index (χ4n) is 1.00. The molecule has 0 bridgehead atoms. The van der Waals surface area contributed by atoms with Crippen LogP contribution in [0.3, 0.4) is 0 Å². The fourth-order valence-corrected chi connectivity index (χ4v) is 1.13. The molecule has 11 heavy (non-hydrogen) atoms. The Morgan fingerprint density at radius 1 is 1.64 bits per heavy atom. The number of H-pyrrole nitrogens is 1. The van der Waals surface area contributed by atoms with E-state index < -0.39 is 0 Å². The van der Waals surface area contributed by atoms with Crippen LogP contribution < -0.4 is 0 Å². The van der Waals surface area contributed by atoms with Gasteiger partial charge in [-0.2, -0.15) is 0 Å². The molecule has 1 aromatic heterocycles. The van der Waals surface area contributed by atoms with Crippen LogP contribution in [-0.4, -0.2) is 9.97 Å². The van der Waals surface area contributed by atoms with Gasteiger partial charge in [-0.15, -0.1) is 11.6 Å². The van der Waals surface area contributed by atoms with Crippen molar-refractivity contribution in [2.75, 3.05) is 0 Å². The van der Waals surface area contributed by atoms with Crippen molar-refractivity contribution in [3.05, 3.63) is 30.1 Å². The smallest absolute Gasteiger partial charge is 0.122 e. The topological polar surface area (TPSA) is 28.7 Å². The largest absolute Gasteiger partial charge is 0.340 e. The average molecular weight is 166 g/mol. The average Bonchev–Trinajstić information content (AvgIpc) is 2.46. The van der Waals surface area contributed by atoms with E-state index in [0.717, 1.165) is 16.9 Å². The summed E-state index contributed by atoms with van der Waals surface area (Å²) in [5, 5.41) is 0. The number of hydrogen-bond acceptors (Lipinski definition) is 1. The molecule has 0 atom stereocenters. The minimum atomic E-state index is 0.419. The first kappa shape index (κ1) is 6.68. The molecule has 0 amide bonds. The lowest BCUT2D eigenvalue weighted by Gasteiger charge is -1.80. The Morgan fingerprint density at radius 3 is 3.27 bits per heavy atom. The van der Waals surface area contributed by atoms with E-state index >= 15 is 0 Å². The molecule has 1 aromatic carbocycles. The maximum absolute atomic E-state index is 5.59. The zero-order valence-corrected chi connectivity index (χ0v) is 6.52. The highest BCUT2D eigenvalue weighted by atomic mass is 35.5. The maximum atomic E-state index is 5.59.